The number of esters is 1. The smallest absolute Gasteiger partial charge is 0.511 e. The highest BCUT2D eigenvalue weighted by molar-refractivity contribution is 6.34. The molecule has 0 aromatic heterocycles. The molecule has 0 amide bonds. The number of nitrogens with two attached hydrogens (primary N) is 1. The number of hydrogen-bond donors (Lipinski definition) is 5. The summed E-state index contributed by atoms with van der Waals surface area (Å²) in [6.45, 7) is 11.4. The molecule has 0 fully saturated rings. The van der Waals surface area contributed by atoms with Crippen molar-refractivity contribution in [3.05, 3.63) is 23.8 Å². The largest absolute Gasteiger partial charge is 0.707 e. The molecule has 0 aliphatic carbocycles. The zero-order valence-electron chi connectivity index (χ0n) is 16.4. The molecule has 0 heterocycles. The van der Waals surface area contributed by atoms with Crippen LogP contribution in [-0.4, -0.2) is 50.4 Å². The molecular formula is C17H30BNO7. The van der Waals surface area contributed by atoms with Crippen molar-refractivity contribution in [2.75, 3.05) is 5.73 Å². The summed E-state index contributed by atoms with van der Waals surface area (Å²) in [5.41, 5.74) is 3.09. The number of nitrogen functional groups attached to an aromatic ring is 1. The highest BCUT2D eigenvalue weighted by Gasteiger charge is 2.32. The molecular weight excluding hydrogens is 341 g/mol. The molecule has 0 unspecified atom stereocenters. The first-order valence-corrected chi connectivity index (χ1v) is 8.05. The van der Waals surface area contributed by atoms with Crippen LogP contribution in [0.15, 0.2) is 18.2 Å². The summed E-state index contributed by atoms with van der Waals surface area (Å²) in [5.74, 6) is -0.726. The van der Waals surface area contributed by atoms with Gasteiger partial charge in [0.1, 0.15) is 16.9 Å². The molecule has 0 radical (unpaired) electrons. The average molecular weight is 371 g/mol. The summed E-state index contributed by atoms with van der Waals surface area (Å²) in [4.78, 5) is 11.9. The number of anilines is 1. The maximum absolute atomic E-state index is 11.9. The number of aliphatic hydroxyl groups is 2. The summed E-state index contributed by atoms with van der Waals surface area (Å²) in [7, 11) is -2.03. The Labute approximate surface area is 154 Å². The second kappa shape index (κ2) is 8.72. The predicted octanol–water partition coefficient (Wildman–Crippen LogP) is 1.10. The van der Waals surface area contributed by atoms with Gasteiger partial charge in [-0.1, -0.05) is 6.07 Å². The monoisotopic (exact) mass is 371 g/mol. The van der Waals surface area contributed by atoms with Gasteiger partial charge in [0.2, 0.25) is 0 Å². The van der Waals surface area contributed by atoms with Crippen LogP contribution in [0.3, 0.4) is 0 Å². The second-order valence-corrected chi connectivity index (χ2v) is 7.78. The molecule has 26 heavy (non-hydrogen) atoms. The summed E-state index contributed by atoms with van der Waals surface area (Å²) in [5, 5.41) is 35.8. The van der Waals surface area contributed by atoms with E-state index in [1.165, 1.54) is 18.2 Å². The lowest BCUT2D eigenvalue weighted by atomic mass is 9.90. The first-order chi connectivity index (χ1) is 11.5. The van der Waals surface area contributed by atoms with E-state index in [9.17, 15) is 4.79 Å². The first kappa shape index (κ1) is 24.2. The van der Waals surface area contributed by atoms with Crippen molar-refractivity contribution in [3.63, 3.8) is 0 Å². The van der Waals surface area contributed by atoms with Crippen LogP contribution in [0.5, 0.6) is 5.75 Å². The van der Waals surface area contributed by atoms with Crippen LogP contribution in [0.4, 0.5) is 5.69 Å². The molecule has 0 saturated carbocycles. The summed E-state index contributed by atoms with van der Waals surface area (Å²) in [6, 6.07) is 4.42. The van der Waals surface area contributed by atoms with Crippen molar-refractivity contribution in [1.82, 2.24) is 0 Å². The van der Waals surface area contributed by atoms with Crippen LogP contribution in [-0.2, 0) is 4.74 Å². The van der Waals surface area contributed by atoms with Crippen molar-refractivity contribution in [2.45, 2.75) is 65.3 Å². The van der Waals surface area contributed by atoms with Gasteiger partial charge in [-0.05, 0) is 60.6 Å². The van der Waals surface area contributed by atoms with Gasteiger partial charge in [-0.15, -0.1) is 0 Å². The molecule has 148 valence electrons. The molecule has 0 spiro atoms. The Morgan fingerprint density at radius 3 is 1.81 bits per heavy atom. The third-order valence-electron chi connectivity index (χ3n) is 3.39. The normalized spacial score (nSPS) is 12.0. The van der Waals surface area contributed by atoms with E-state index < -0.39 is 30.1 Å². The maximum atomic E-state index is 11.9. The number of carbonyl (C=O) groups is 1. The van der Waals surface area contributed by atoms with Crippen LogP contribution in [0.1, 0.15) is 58.8 Å². The van der Waals surface area contributed by atoms with Crippen LogP contribution in [0.25, 0.3) is 0 Å². The average Bonchev–Trinajstić information content (AvgIpc) is 2.33. The zero-order chi connectivity index (χ0) is 20.9. The molecule has 0 aliphatic heterocycles. The van der Waals surface area contributed by atoms with E-state index in [1.54, 1.807) is 48.5 Å². The Bertz CT molecular complexity index is 587. The molecule has 9 heteroatoms. The van der Waals surface area contributed by atoms with Gasteiger partial charge < -0.3 is 35.4 Å². The van der Waals surface area contributed by atoms with Gasteiger partial charge in [0, 0.05) is 5.69 Å². The Kier molecular flexibility index (Phi) is 8.12. The Hall–Kier alpha value is -1.81. The third kappa shape index (κ3) is 8.53. The molecule has 0 saturated heterocycles. The van der Waals surface area contributed by atoms with Gasteiger partial charge >= 0.3 is 13.3 Å². The van der Waals surface area contributed by atoms with Gasteiger partial charge in [-0.25, -0.2) is 4.79 Å². The minimum absolute atomic E-state index is 0.0273. The number of carbonyl (C=O) groups excluding carboxylic acids is 1. The molecule has 6 N–H and O–H groups in total. The maximum Gasteiger partial charge on any atom is 0.707 e. The van der Waals surface area contributed by atoms with Crippen LogP contribution in [0, 0.1) is 0 Å². The summed E-state index contributed by atoms with van der Waals surface area (Å²) < 4.78 is 9.86. The zero-order valence-corrected chi connectivity index (χ0v) is 16.4. The third-order valence-corrected chi connectivity index (χ3v) is 3.39. The topological polar surface area (TPSA) is 142 Å². The number of hydrogen-bond acceptors (Lipinski definition) is 8. The first-order valence-electron chi connectivity index (χ1n) is 8.05. The van der Waals surface area contributed by atoms with E-state index in [0.29, 0.717) is 0 Å². The van der Waals surface area contributed by atoms with E-state index in [1.807, 2.05) is 0 Å². The summed E-state index contributed by atoms with van der Waals surface area (Å²) >= 11 is 0. The van der Waals surface area contributed by atoms with Gasteiger partial charge in [0.25, 0.3) is 0 Å². The lowest BCUT2D eigenvalue weighted by Crippen LogP contribution is -2.44. The number of rotatable bonds is 4. The van der Waals surface area contributed by atoms with Gasteiger partial charge in [0.15, 0.2) is 0 Å². The SMILES string of the molecule is CC(C)(C)OC(=O)c1c(N)cccc1OB(O)O.CC(C)(O)C(C)(C)O. The van der Waals surface area contributed by atoms with Crippen molar-refractivity contribution in [1.29, 1.82) is 0 Å². The quantitative estimate of drug-likeness (QED) is 0.301. The second-order valence-electron chi connectivity index (χ2n) is 7.78. The van der Waals surface area contributed by atoms with Crippen LogP contribution < -0.4 is 10.4 Å². The van der Waals surface area contributed by atoms with E-state index >= 15 is 0 Å². The Balaban J connectivity index is 0.000000660. The molecule has 0 bridgehead atoms. The minimum atomic E-state index is -2.03. The molecule has 1 rings (SSSR count). The lowest BCUT2D eigenvalue weighted by molar-refractivity contribution is -0.107. The van der Waals surface area contributed by atoms with Crippen molar-refractivity contribution >= 4 is 19.0 Å². The number of ether oxygens (including phenoxy) is 1. The number of benzene rings is 1. The molecule has 8 nitrogen and oxygen atoms in total. The molecule has 0 aliphatic rings. The lowest BCUT2D eigenvalue weighted by Gasteiger charge is -2.31. The van der Waals surface area contributed by atoms with E-state index in [4.69, 9.17) is 35.4 Å². The van der Waals surface area contributed by atoms with Crippen molar-refractivity contribution < 1.29 is 34.4 Å². The van der Waals surface area contributed by atoms with E-state index in [0.717, 1.165) is 0 Å². The van der Waals surface area contributed by atoms with Gasteiger partial charge in [-0.2, -0.15) is 0 Å². The van der Waals surface area contributed by atoms with Gasteiger partial charge in [-0.3, -0.25) is 0 Å². The predicted molar refractivity (Wildman–Crippen MR) is 99.4 cm³/mol. The molecule has 0 atom stereocenters. The van der Waals surface area contributed by atoms with Gasteiger partial charge in [0.05, 0.1) is 11.2 Å². The van der Waals surface area contributed by atoms with Crippen molar-refractivity contribution in [3.8, 4) is 5.75 Å². The Morgan fingerprint density at radius 1 is 1.00 bits per heavy atom. The fourth-order valence-corrected chi connectivity index (χ4v) is 1.31. The highest BCUT2D eigenvalue weighted by atomic mass is 16.6. The molecule has 1 aromatic rings. The summed E-state index contributed by atoms with van der Waals surface area (Å²) in [6.07, 6.45) is 0. The fraction of sp³-hybridized carbons (Fsp3) is 0.588. The van der Waals surface area contributed by atoms with E-state index in [-0.39, 0.29) is 17.0 Å². The van der Waals surface area contributed by atoms with Crippen molar-refractivity contribution in [2.24, 2.45) is 0 Å². The molecule has 1 aromatic carbocycles. The van der Waals surface area contributed by atoms with Crippen LogP contribution >= 0.6 is 0 Å². The van der Waals surface area contributed by atoms with Crippen LogP contribution in [0.2, 0.25) is 0 Å². The Morgan fingerprint density at radius 2 is 1.46 bits per heavy atom. The minimum Gasteiger partial charge on any atom is -0.511 e. The fourth-order valence-electron chi connectivity index (χ4n) is 1.31. The van der Waals surface area contributed by atoms with E-state index in [2.05, 4.69) is 0 Å². The highest BCUT2D eigenvalue weighted by Crippen LogP contribution is 2.27. The standard InChI is InChI=1S/C11H16BNO5.C6H14O2/c1-11(2,3)17-10(14)9-7(13)5-4-6-8(9)18-12(15)16;1-5(2,7)6(3,4)8/h4-6,15-16H,13H2,1-3H3;7-8H,1-4H3.